The van der Waals surface area contributed by atoms with Gasteiger partial charge in [-0.1, -0.05) is 18.2 Å². The van der Waals surface area contributed by atoms with Gasteiger partial charge in [-0.2, -0.15) is 0 Å². The average Bonchev–Trinajstić information content (AvgIpc) is 2.73. The smallest absolute Gasteiger partial charge is 0.257 e. The molecule has 0 spiro atoms. The number of hydrogen-bond acceptors (Lipinski definition) is 4. The standard InChI is InChI=1S/C22H24N2O4/c1-5-24-13-18(21(25)17-12-15(27-3)10-11-19(17)24)22(26)23-14(2)16-8-6-7-9-20(16)28-4/h6-14H,5H2,1-4H3,(H,23,26). The molecule has 0 radical (unpaired) electrons. The fraction of sp³-hybridized carbons (Fsp3) is 0.273. The maximum atomic E-state index is 13.0. The van der Waals surface area contributed by atoms with Crippen LogP contribution in [0.5, 0.6) is 11.5 Å². The monoisotopic (exact) mass is 380 g/mol. The summed E-state index contributed by atoms with van der Waals surface area (Å²) >= 11 is 0. The zero-order valence-electron chi connectivity index (χ0n) is 16.5. The van der Waals surface area contributed by atoms with E-state index in [1.807, 2.05) is 48.7 Å². The van der Waals surface area contributed by atoms with Crippen LogP contribution in [0.15, 0.2) is 53.5 Å². The van der Waals surface area contributed by atoms with Gasteiger partial charge in [0.15, 0.2) is 0 Å². The summed E-state index contributed by atoms with van der Waals surface area (Å²) in [6.45, 7) is 4.46. The molecule has 1 unspecified atom stereocenters. The number of nitrogens with one attached hydrogen (secondary N) is 1. The Morgan fingerprint density at radius 3 is 2.57 bits per heavy atom. The molecule has 6 nitrogen and oxygen atoms in total. The van der Waals surface area contributed by atoms with Gasteiger partial charge in [0.1, 0.15) is 17.1 Å². The van der Waals surface area contributed by atoms with E-state index in [1.165, 1.54) is 0 Å². The highest BCUT2D eigenvalue weighted by Gasteiger charge is 2.19. The van der Waals surface area contributed by atoms with Crippen LogP contribution < -0.4 is 20.2 Å². The zero-order valence-corrected chi connectivity index (χ0v) is 16.5. The second-order valence-electron chi connectivity index (χ2n) is 6.48. The lowest BCUT2D eigenvalue weighted by atomic mass is 10.1. The van der Waals surface area contributed by atoms with E-state index in [-0.39, 0.29) is 17.0 Å². The Labute approximate surface area is 163 Å². The number of ether oxygens (including phenoxy) is 2. The van der Waals surface area contributed by atoms with Crippen LogP contribution in [0.3, 0.4) is 0 Å². The zero-order chi connectivity index (χ0) is 20.3. The van der Waals surface area contributed by atoms with Crippen molar-refractivity contribution in [1.82, 2.24) is 9.88 Å². The van der Waals surface area contributed by atoms with Crippen LogP contribution in [0.4, 0.5) is 0 Å². The summed E-state index contributed by atoms with van der Waals surface area (Å²) in [6.07, 6.45) is 1.61. The fourth-order valence-electron chi connectivity index (χ4n) is 3.30. The number of amides is 1. The van der Waals surface area contributed by atoms with Crippen LogP contribution in [0.1, 0.15) is 35.8 Å². The van der Waals surface area contributed by atoms with Crippen molar-refractivity contribution in [1.29, 1.82) is 0 Å². The van der Waals surface area contributed by atoms with Crippen LogP contribution in [0.2, 0.25) is 0 Å². The number of carbonyl (C=O) groups excluding carboxylic acids is 1. The van der Waals surface area contributed by atoms with E-state index in [4.69, 9.17) is 9.47 Å². The first-order valence-corrected chi connectivity index (χ1v) is 9.15. The lowest BCUT2D eigenvalue weighted by Gasteiger charge is -2.18. The van der Waals surface area contributed by atoms with Gasteiger partial charge in [0.2, 0.25) is 5.43 Å². The Morgan fingerprint density at radius 1 is 1.14 bits per heavy atom. The first-order chi connectivity index (χ1) is 13.5. The minimum atomic E-state index is -0.421. The SMILES string of the molecule is CCn1cc(C(=O)NC(C)c2ccccc2OC)c(=O)c2cc(OC)ccc21. The van der Waals surface area contributed by atoms with Gasteiger partial charge in [0.25, 0.3) is 5.91 Å². The van der Waals surface area contributed by atoms with Crippen molar-refractivity contribution in [3.05, 3.63) is 70.0 Å². The molecule has 0 saturated carbocycles. The van der Waals surface area contributed by atoms with Gasteiger partial charge in [-0.15, -0.1) is 0 Å². The van der Waals surface area contributed by atoms with Crippen molar-refractivity contribution >= 4 is 16.8 Å². The predicted octanol–water partition coefficient (Wildman–Crippen LogP) is 3.53. The van der Waals surface area contributed by atoms with Gasteiger partial charge >= 0.3 is 0 Å². The number of rotatable bonds is 6. The molecule has 28 heavy (non-hydrogen) atoms. The Bertz CT molecular complexity index is 1070. The second kappa shape index (κ2) is 8.17. The first kappa shape index (κ1) is 19.5. The van der Waals surface area contributed by atoms with Gasteiger partial charge in [-0.25, -0.2) is 0 Å². The lowest BCUT2D eigenvalue weighted by Crippen LogP contribution is -2.32. The molecule has 0 aliphatic carbocycles. The minimum absolute atomic E-state index is 0.101. The third kappa shape index (κ3) is 3.58. The van der Waals surface area contributed by atoms with Gasteiger partial charge in [0.05, 0.1) is 31.2 Å². The Kier molecular flexibility index (Phi) is 5.68. The van der Waals surface area contributed by atoms with E-state index >= 15 is 0 Å². The van der Waals surface area contributed by atoms with Crippen LogP contribution in [-0.2, 0) is 6.54 Å². The number of methoxy groups -OCH3 is 2. The maximum Gasteiger partial charge on any atom is 0.257 e. The highest BCUT2D eigenvalue weighted by Crippen LogP contribution is 2.25. The second-order valence-corrected chi connectivity index (χ2v) is 6.48. The normalized spacial score (nSPS) is 11.9. The third-order valence-electron chi connectivity index (χ3n) is 4.83. The quantitative estimate of drug-likeness (QED) is 0.710. The molecule has 0 saturated heterocycles. The molecule has 1 amide bonds. The number of nitrogens with zero attached hydrogens (tertiary/aromatic N) is 1. The van der Waals surface area contributed by atoms with Crippen LogP contribution >= 0.6 is 0 Å². The summed E-state index contributed by atoms with van der Waals surface area (Å²) < 4.78 is 12.5. The van der Waals surface area contributed by atoms with Crippen molar-refractivity contribution in [2.75, 3.05) is 14.2 Å². The summed E-state index contributed by atoms with van der Waals surface area (Å²) in [7, 11) is 3.13. The van der Waals surface area contributed by atoms with E-state index < -0.39 is 5.91 Å². The molecule has 2 aromatic carbocycles. The van der Waals surface area contributed by atoms with Gasteiger partial charge in [-0.05, 0) is 38.1 Å². The molecule has 3 rings (SSSR count). The molecule has 1 heterocycles. The molecular weight excluding hydrogens is 356 g/mol. The molecule has 146 valence electrons. The molecule has 1 aromatic heterocycles. The Hall–Kier alpha value is -3.28. The summed E-state index contributed by atoms with van der Waals surface area (Å²) in [5, 5.41) is 3.37. The Balaban J connectivity index is 2.01. The number of hydrogen-bond donors (Lipinski definition) is 1. The fourth-order valence-corrected chi connectivity index (χ4v) is 3.30. The van der Waals surface area contributed by atoms with Crippen molar-refractivity contribution in [2.24, 2.45) is 0 Å². The van der Waals surface area contributed by atoms with Gasteiger partial charge < -0.3 is 19.4 Å². The number of para-hydroxylation sites is 1. The summed E-state index contributed by atoms with van der Waals surface area (Å²) in [4.78, 5) is 25.9. The van der Waals surface area contributed by atoms with E-state index in [0.717, 1.165) is 11.1 Å². The van der Waals surface area contributed by atoms with E-state index in [9.17, 15) is 9.59 Å². The van der Waals surface area contributed by atoms with E-state index in [1.54, 1.807) is 32.5 Å². The third-order valence-corrected chi connectivity index (χ3v) is 4.83. The number of aryl methyl sites for hydroxylation is 1. The first-order valence-electron chi connectivity index (χ1n) is 9.15. The summed E-state index contributed by atoms with van der Waals surface area (Å²) in [5.41, 5.74) is 1.40. The number of benzene rings is 2. The molecule has 0 aliphatic rings. The summed E-state index contributed by atoms with van der Waals surface area (Å²) in [5.74, 6) is 0.840. The highest BCUT2D eigenvalue weighted by atomic mass is 16.5. The number of pyridine rings is 1. The van der Waals surface area contributed by atoms with Gasteiger partial charge in [0, 0.05) is 18.3 Å². The minimum Gasteiger partial charge on any atom is -0.497 e. The predicted molar refractivity (Wildman–Crippen MR) is 109 cm³/mol. The molecule has 3 aromatic rings. The van der Waals surface area contributed by atoms with Crippen LogP contribution in [0.25, 0.3) is 10.9 Å². The van der Waals surface area contributed by atoms with E-state index in [0.29, 0.717) is 23.4 Å². The Morgan fingerprint density at radius 2 is 1.89 bits per heavy atom. The van der Waals surface area contributed by atoms with Crippen LogP contribution in [0, 0.1) is 0 Å². The van der Waals surface area contributed by atoms with Crippen molar-refractivity contribution < 1.29 is 14.3 Å². The van der Waals surface area contributed by atoms with E-state index in [2.05, 4.69) is 5.32 Å². The molecular formula is C22H24N2O4. The van der Waals surface area contributed by atoms with Crippen molar-refractivity contribution in [2.45, 2.75) is 26.4 Å². The molecule has 1 N–H and O–H groups in total. The number of fused-ring (bicyclic) bond motifs is 1. The number of carbonyl (C=O) groups is 1. The molecule has 0 bridgehead atoms. The maximum absolute atomic E-state index is 13.0. The number of aromatic nitrogens is 1. The van der Waals surface area contributed by atoms with Crippen LogP contribution in [-0.4, -0.2) is 24.7 Å². The topological polar surface area (TPSA) is 69.6 Å². The van der Waals surface area contributed by atoms with Gasteiger partial charge in [-0.3, -0.25) is 9.59 Å². The van der Waals surface area contributed by atoms with Crippen molar-refractivity contribution in [3.8, 4) is 11.5 Å². The molecule has 1 atom stereocenters. The average molecular weight is 380 g/mol. The van der Waals surface area contributed by atoms with Crippen molar-refractivity contribution in [3.63, 3.8) is 0 Å². The highest BCUT2D eigenvalue weighted by molar-refractivity contribution is 5.97. The molecule has 0 aliphatic heterocycles. The molecule has 6 heteroatoms. The largest absolute Gasteiger partial charge is 0.497 e. The molecule has 0 fully saturated rings. The summed E-state index contributed by atoms with van der Waals surface area (Å²) in [6, 6.07) is 12.5. The lowest BCUT2D eigenvalue weighted by molar-refractivity contribution is 0.0938.